The van der Waals surface area contributed by atoms with Gasteiger partial charge < -0.3 is 15.0 Å². The van der Waals surface area contributed by atoms with E-state index in [1.165, 1.54) is 0 Å². The van der Waals surface area contributed by atoms with Crippen molar-refractivity contribution in [1.82, 2.24) is 9.80 Å². The zero-order chi connectivity index (χ0) is 17.9. The van der Waals surface area contributed by atoms with Crippen molar-refractivity contribution < 1.29 is 17.9 Å². The molecule has 0 aromatic heterocycles. The van der Waals surface area contributed by atoms with Crippen molar-refractivity contribution in [2.45, 2.75) is 19.4 Å². The summed E-state index contributed by atoms with van der Waals surface area (Å²) < 4.78 is 28.6. The van der Waals surface area contributed by atoms with Crippen LogP contribution in [0.2, 0.25) is 0 Å². The summed E-state index contributed by atoms with van der Waals surface area (Å²) in [5.74, 6) is 1.32. The number of hydrogen-bond acceptors (Lipinski definition) is 5. The van der Waals surface area contributed by atoms with Crippen molar-refractivity contribution in [2.75, 3.05) is 49.6 Å². The maximum atomic E-state index is 12.4. The Morgan fingerprint density at radius 1 is 1.20 bits per heavy atom. The molecule has 1 N–H and O–H groups in total. The molecular weight excluding hydrogens is 342 g/mol. The number of nitrogens with one attached hydrogen (secondary N) is 1. The van der Waals surface area contributed by atoms with Crippen LogP contribution >= 0.6 is 0 Å². The summed E-state index contributed by atoms with van der Waals surface area (Å²) in [6.07, 6.45) is 0.709. The average molecular weight is 367 g/mol. The molecule has 1 atom stereocenters. The van der Waals surface area contributed by atoms with Crippen LogP contribution in [0.15, 0.2) is 24.3 Å². The molecule has 2 aliphatic rings. The maximum absolute atomic E-state index is 12.4. The van der Waals surface area contributed by atoms with Crippen molar-refractivity contribution in [3.8, 4) is 5.75 Å². The summed E-state index contributed by atoms with van der Waals surface area (Å²) in [7, 11) is -2.87. The quantitative estimate of drug-likeness (QED) is 0.871. The smallest absolute Gasteiger partial charge is 0.321 e. The summed E-state index contributed by atoms with van der Waals surface area (Å²) in [5, 5.41) is 2.90. The average Bonchev–Trinajstić information content (AvgIpc) is 2.97. The number of benzene rings is 1. The van der Waals surface area contributed by atoms with Crippen LogP contribution in [0.25, 0.3) is 0 Å². The number of sulfone groups is 1. The molecule has 25 heavy (non-hydrogen) atoms. The van der Waals surface area contributed by atoms with Gasteiger partial charge in [-0.2, -0.15) is 0 Å². The molecule has 8 heteroatoms. The molecule has 3 rings (SSSR count). The van der Waals surface area contributed by atoms with Crippen LogP contribution in [-0.2, 0) is 9.84 Å². The predicted octanol–water partition coefficient (Wildman–Crippen LogP) is 1.42. The molecular formula is C17H25N3O4S. The summed E-state index contributed by atoms with van der Waals surface area (Å²) in [5.41, 5.74) is 0.734. The first kappa shape index (κ1) is 18.0. The molecule has 1 aromatic rings. The highest BCUT2D eigenvalue weighted by atomic mass is 32.2. The Kier molecular flexibility index (Phi) is 5.48. The number of nitrogens with zero attached hydrogens (tertiary/aromatic N) is 2. The van der Waals surface area contributed by atoms with E-state index in [-0.39, 0.29) is 23.6 Å². The Morgan fingerprint density at radius 2 is 1.88 bits per heavy atom. The number of ether oxygens (including phenoxy) is 1. The van der Waals surface area contributed by atoms with Crippen molar-refractivity contribution in [2.24, 2.45) is 0 Å². The summed E-state index contributed by atoms with van der Waals surface area (Å²) in [4.78, 5) is 16.4. The molecule has 1 unspecified atom stereocenters. The van der Waals surface area contributed by atoms with Gasteiger partial charge >= 0.3 is 6.03 Å². The van der Waals surface area contributed by atoms with E-state index in [1.807, 2.05) is 31.2 Å². The minimum atomic E-state index is -2.87. The summed E-state index contributed by atoms with van der Waals surface area (Å²) in [6, 6.07) is 7.30. The monoisotopic (exact) mass is 367 g/mol. The summed E-state index contributed by atoms with van der Waals surface area (Å²) >= 11 is 0. The third-order valence-electron chi connectivity index (χ3n) is 4.74. The lowest BCUT2D eigenvalue weighted by molar-refractivity contribution is 0.121. The van der Waals surface area contributed by atoms with Crippen molar-refractivity contribution in [3.05, 3.63) is 24.3 Å². The van der Waals surface area contributed by atoms with Crippen molar-refractivity contribution >= 4 is 21.6 Å². The highest BCUT2D eigenvalue weighted by Gasteiger charge is 2.34. The zero-order valence-corrected chi connectivity index (χ0v) is 15.3. The van der Waals surface area contributed by atoms with Crippen molar-refractivity contribution in [3.63, 3.8) is 0 Å². The van der Waals surface area contributed by atoms with Gasteiger partial charge in [0.1, 0.15) is 5.75 Å². The van der Waals surface area contributed by atoms with E-state index < -0.39 is 9.84 Å². The highest BCUT2D eigenvalue weighted by molar-refractivity contribution is 7.91. The number of carbonyl (C=O) groups is 1. The van der Waals surface area contributed by atoms with Gasteiger partial charge in [0, 0.05) is 37.9 Å². The molecule has 0 aliphatic carbocycles. The SMILES string of the molecule is CCOc1ccc(NC(=O)N2CCN(C3CCS(=O)(=O)C3)CC2)cc1. The third-order valence-corrected chi connectivity index (χ3v) is 6.49. The van der Waals surface area contributed by atoms with Gasteiger partial charge in [0.2, 0.25) is 0 Å². The number of anilines is 1. The largest absolute Gasteiger partial charge is 0.494 e. The summed E-state index contributed by atoms with van der Waals surface area (Å²) in [6.45, 7) is 5.20. The van der Waals surface area contributed by atoms with Crippen LogP contribution in [-0.4, -0.2) is 74.6 Å². The van der Waals surface area contributed by atoms with Gasteiger partial charge in [-0.05, 0) is 37.6 Å². The lowest BCUT2D eigenvalue weighted by Gasteiger charge is -2.37. The lowest BCUT2D eigenvalue weighted by atomic mass is 10.2. The Morgan fingerprint density at radius 3 is 2.44 bits per heavy atom. The van der Waals surface area contributed by atoms with Gasteiger partial charge in [0.25, 0.3) is 0 Å². The normalized spacial score (nSPS) is 23.4. The van der Waals surface area contributed by atoms with E-state index in [0.29, 0.717) is 26.1 Å². The molecule has 0 saturated carbocycles. The molecule has 7 nitrogen and oxygen atoms in total. The molecule has 0 bridgehead atoms. The fourth-order valence-electron chi connectivity index (χ4n) is 3.36. The van der Waals surface area contributed by atoms with Gasteiger partial charge in [0.05, 0.1) is 18.1 Å². The molecule has 1 aromatic carbocycles. The molecule has 2 fully saturated rings. The highest BCUT2D eigenvalue weighted by Crippen LogP contribution is 2.20. The molecule has 2 amide bonds. The minimum Gasteiger partial charge on any atom is -0.494 e. The fourth-order valence-corrected chi connectivity index (χ4v) is 5.12. The number of rotatable bonds is 4. The minimum absolute atomic E-state index is 0.112. The van der Waals surface area contributed by atoms with Crippen LogP contribution in [0, 0.1) is 0 Å². The van der Waals surface area contributed by atoms with E-state index in [2.05, 4.69) is 10.2 Å². The van der Waals surface area contributed by atoms with Gasteiger partial charge in [-0.15, -0.1) is 0 Å². The van der Waals surface area contributed by atoms with E-state index in [4.69, 9.17) is 4.74 Å². The third kappa shape index (κ3) is 4.64. The fraction of sp³-hybridized carbons (Fsp3) is 0.588. The second-order valence-corrected chi connectivity index (χ2v) is 8.70. The van der Waals surface area contributed by atoms with Crippen molar-refractivity contribution in [1.29, 1.82) is 0 Å². The molecule has 2 aliphatic heterocycles. The first-order valence-corrected chi connectivity index (χ1v) is 10.5. The van der Waals surface area contributed by atoms with Gasteiger partial charge in [-0.25, -0.2) is 13.2 Å². The predicted molar refractivity (Wildman–Crippen MR) is 96.8 cm³/mol. The molecule has 2 heterocycles. The first-order chi connectivity index (χ1) is 12.0. The Balaban J connectivity index is 1.48. The van der Waals surface area contributed by atoms with Crippen LogP contribution in [0.5, 0.6) is 5.75 Å². The number of hydrogen-bond donors (Lipinski definition) is 1. The number of carbonyl (C=O) groups excluding carboxylic acids is 1. The van der Waals surface area contributed by atoms with E-state index in [9.17, 15) is 13.2 Å². The topological polar surface area (TPSA) is 79.0 Å². The van der Waals surface area contributed by atoms with Gasteiger partial charge in [-0.3, -0.25) is 4.90 Å². The molecule has 2 saturated heterocycles. The standard InChI is InChI=1S/C17H25N3O4S/c1-2-24-16-5-3-14(4-6-16)18-17(21)20-10-8-19(9-11-20)15-7-12-25(22,23)13-15/h3-6,15H,2,7-13H2,1H3,(H,18,21). The zero-order valence-electron chi connectivity index (χ0n) is 14.5. The molecule has 138 valence electrons. The van der Waals surface area contributed by atoms with E-state index >= 15 is 0 Å². The van der Waals surface area contributed by atoms with E-state index in [1.54, 1.807) is 4.90 Å². The number of amides is 2. The van der Waals surface area contributed by atoms with Crippen LogP contribution in [0.3, 0.4) is 0 Å². The van der Waals surface area contributed by atoms with Crippen LogP contribution in [0.4, 0.5) is 10.5 Å². The molecule has 0 radical (unpaired) electrons. The van der Waals surface area contributed by atoms with Crippen LogP contribution < -0.4 is 10.1 Å². The van der Waals surface area contributed by atoms with Gasteiger partial charge in [-0.1, -0.05) is 0 Å². The number of piperazine rings is 1. The van der Waals surface area contributed by atoms with Gasteiger partial charge in [0.15, 0.2) is 9.84 Å². The Hall–Kier alpha value is -1.80. The number of urea groups is 1. The second-order valence-electron chi connectivity index (χ2n) is 6.47. The Bertz CT molecular complexity index is 697. The lowest BCUT2D eigenvalue weighted by Crippen LogP contribution is -2.53. The second kappa shape index (κ2) is 7.61. The maximum Gasteiger partial charge on any atom is 0.321 e. The Labute approximate surface area is 148 Å². The molecule has 0 spiro atoms. The van der Waals surface area contributed by atoms with Crippen LogP contribution in [0.1, 0.15) is 13.3 Å². The van der Waals surface area contributed by atoms with E-state index in [0.717, 1.165) is 24.5 Å². The first-order valence-electron chi connectivity index (χ1n) is 8.70.